The topological polar surface area (TPSA) is 83.0 Å². The van der Waals surface area contributed by atoms with Crippen molar-refractivity contribution in [3.8, 4) is 6.07 Å². The van der Waals surface area contributed by atoms with Gasteiger partial charge in [-0.2, -0.15) is 5.26 Å². The zero-order valence-electron chi connectivity index (χ0n) is 9.88. The summed E-state index contributed by atoms with van der Waals surface area (Å²) in [6.45, 7) is 0.429. The number of nitrogens with zero attached hydrogens (tertiary/aromatic N) is 3. The summed E-state index contributed by atoms with van der Waals surface area (Å²) in [5, 5.41) is 9.00. The number of fused-ring (bicyclic) bond motifs is 1. The molecule has 0 aliphatic carbocycles. The van der Waals surface area contributed by atoms with E-state index in [9.17, 15) is 4.79 Å². The van der Waals surface area contributed by atoms with Gasteiger partial charge >= 0.3 is 0 Å². The Morgan fingerprint density at radius 1 is 1.61 bits per heavy atom. The molecule has 0 aliphatic rings. The molecular formula is C12H12N4OS. The predicted molar refractivity (Wildman–Crippen MR) is 71.2 cm³/mol. The van der Waals surface area contributed by atoms with Gasteiger partial charge in [0.2, 0.25) is 0 Å². The minimum Gasteiger partial charge on any atom is -0.375 e. The van der Waals surface area contributed by atoms with Crippen LogP contribution in [0.4, 0.5) is 5.13 Å². The van der Waals surface area contributed by atoms with Crippen molar-refractivity contribution < 1.29 is 4.79 Å². The Hall–Kier alpha value is -2.13. The van der Waals surface area contributed by atoms with Crippen LogP contribution >= 0.6 is 11.3 Å². The van der Waals surface area contributed by atoms with E-state index in [-0.39, 0.29) is 5.91 Å². The first-order valence-corrected chi connectivity index (χ1v) is 6.22. The molecule has 0 aliphatic heterocycles. The van der Waals surface area contributed by atoms with Gasteiger partial charge in [-0.1, -0.05) is 11.3 Å². The zero-order chi connectivity index (χ0) is 13.1. The van der Waals surface area contributed by atoms with Crippen molar-refractivity contribution in [2.45, 2.75) is 6.42 Å². The molecule has 0 atom stereocenters. The van der Waals surface area contributed by atoms with Crippen LogP contribution in [0.1, 0.15) is 16.8 Å². The highest BCUT2D eigenvalue weighted by Gasteiger charge is 2.12. The van der Waals surface area contributed by atoms with Crippen LogP contribution < -0.4 is 5.73 Å². The SMILES string of the molecule is CN(CCC#N)C(=O)c1ccc2nc(N)sc2c1. The summed E-state index contributed by atoms with van der Waals surface area (Å²) < 4.78 is 0.895. The molecule has 1 aromatic heterocycles. The van der Waals surface area contributed by atoms with Crippen molar-refractivity contribution in [2.24, 2.45) is 0 Å². The van der Waals surface area contributed by atoms with Crippen LogP contribution in [0.3, 0.4) is 0 Å². The number of aromatic nitrogens is 1. The van der Waals surface area contributed by atoms with Crippen molar-refractivity contribution in [3.63, 3.8) is 0 Å². The first-order valence-electron chi connectivity index (χ1n) is 5.40. The number of benzene rings is 1. The van der Waals surface area contributed by atoms with Crippen LogP contribution in [-0.2, 0) is 0 Å². The fourth-order valence-electron chi connectivity index (χ4n) is 1.62. The largest absolute Gasteiger partial charge is 0.375 e. The van der Waals surface area contributed by atoms with E-state index in [0.29, 0.717) is 23.7 Å². The number of nitrogens with two attached hydrogens (primary N) is 1. The normalized spacial score (nSPS) is 10.2. The third-order valence-corrected chi connectivity index (χ3v) is 3.40. The van der Waals surface area contributed by atoms with E-state index in [0.717, 1.165) is 10.2 Å². The minimum absolute atomic E-state index is 0.0980. The van der Waals surface area contributed by atoms with Crippen molar-refractivity contribution in [2.75, 3.05) is 19.3 Å². The standard InChI is InChI=1S/C12H12N4OS/c1-16(6-2-5-13)11(17)8-3-4-9-10(7-8)18-12(14)15-9/h3-4,7H,2,6H2,1H3,(H2,14,15). The lowest BCUT2D eigenvalue weighted by Crippen LogP contribution is -2.27. The van der Waals surface area contributed by atoms with Crippen LogP contribution in [-0.4, -0.2) is 29.4 Å². The molecule has 2 aromatic rings. The fraction of sp³-hybridized carbons (Fsp3) is 0.250. The van der Waals surface area contributed by atoms with Gasteiger partial charge in [0, 0.05) is 19.2 Å². The van der Waals surface area contributed by atoms with E-state index >= 15 is 0 Å². The molecule has 0 spiro atoms. The Morgan fingerprint density at radius 3 is 3.11 bits per heavy atom. The summed E-state index contributed by atoms with van der Waals surface area (Å²) in [6, 6.07) is 7.32. The van der Waals surface area contributed by atoms with Crippen molar-refractivity contribution in [1.82, 2.24) is 9.88 Å². The van der Waals surface area contributed by atoms with E-state index in [4.69, 9.17) is 11.0 Å². The summed E-state index contributed by atoms with van der Waals surface area (Å²) in [5.41, 5.74) is 7.01. The highest BCUT2D eigenvalue weighted by molar-refractivity contribution is 7.22. The van der Waals surface area contributed by atoms with Gasteiger partial charge in [0.15, 0.2) is 5.13 Å². The number of thiazole rings is 1. The minimum atomic E-state index is -0.0980. The van der Waals surface area contributed by atoms with Gasteiger partial charge in [0.1, 0.15) is 0 Å². The predicted octanol–water partition coefficient (Wildman–Crippen LogP) is 1.86. The van der Waals surface area contributed by atoms with Crippen molar-refractivity contribution in [3.05, 3.63) is 23.8 Å². The Labute approximate surface area is 108 Å². The molecule has 0 saturated heterocycles. The zero-order valence-corrected chi connectivity index (χ0v) is 10.7. The van der Waals surface area contributed by atoms with E-state index in [1.807, 2.05) is 6.07 Å². The molecule has 92 valence electrons. The van der Waals surface area contributed by atoms with Gasteiger partial charge in [0.05, 0.1) is 22.7 Å². The Balaban J connectivity index is 2.25. The number of rotatable bonds is 3. The van der Waals surface area contributed by atoms with Crippen LogP contribution in [0.5, 0.6) is 0 Å². The summed E-state index contributed by atoms with van der Waals surface area (Å²) in [6.07, 6.45) is 0.331. The number of hydrogen-bond donors (Lipinski definition) is 1. The van der Waals surface area contributed by atoms with Crippen LogP contribution in [0.25, 0.3) is 10.2 Å². The third kappa shape index (κ3) is 2.41. The van der Waals surface area contributed by atoms with Gasteiger partial charge in [-0.3, -0.25) is 4.79 Å². The first-order chi connectivity index (χ1) is 8.61. The van der Waals surface area contributed by atoms with Crippen molar-refractivity contribution in [1.29, 1.82) is 5.26 Å². The monoisotopic (exact) mass is 260 g/mol. The molecule has 2 rings (SSSR count). The lowest BCUT2D eigenvalue weighted by molar-refractivity contribution is 0.0798. The number of nitriles is 1. The molecular weight excluding hydrogens is 248 g/mol. The average Bonchev–Trinajstić information content (AvgIpc) is 2.73. The molecule has 6 heteroatoms. The van der Waals surface area contributed by atoms with Gasteiger partial charge in [-0.05, 0) is 18.2 Å². The number of carbonyl (C=O) groups excluding carboxylic acids is 1. The molecule has 0 radical (unpaired) electrons. The van der Waals surface area contributed by atoms with Gasteiger partial charge in [0.25, 0.3) is 5.91 Å². The maximum atomic E-state index is 12.1. The molecule has 0 saturated carbocycles. The van der Waals surface area contributed by atoms with E-state index < -0.39 is 0 Å². The van der Waals surface area contributed by atoms with E-state index in [2.05, 4.69) is 4.98 Å². The Morgan fingerprint density at radius 2 is 2.39 bits per heavy atom. The van der Waals surface area contributed by atoms with Gasteiger partial charge in [-0.25, -0.2) is 4.98 Å². The van der Waals surface area contributed by atoms with Gasteiger partial charge in [-0.15, -0.1) is 0 Å². The molecule has 1 amide bonds. The average molecular weight is 260 g/mol. The molecule has 18 heavy (non-hydrogen) atoms. The molecule has 0 bridgehead atoms. The van der Waals surface area contributed by atoms with Gasteiger partial charge < -0.3 is 10.6 Å². The highest BCUT2D eigenvalue weighted by Crippen LogP contribution is 2.24. The molecule has 0 fully saturated rings. The van der Waals surface area contributed by atoms with Crippen molar-refractivity contribution >= 4 is 32.6 Å². The maximum Gasteiger partial charge on any atom is 0.253 e. The second kappa shape index (κ2) is 5.02. The van der Waals surface area contributed by atoms with E-state index in [1.54, 1.807) is 25.2 Å². The summed E-state index contributed by atoms with van der Waals surface area (Å²) >= 11 is 1.36. The lowest BCUT2D eigenvalue weighted by Gasteiger charge is -2.15. The summed E-state index contributed by atoms with van der Waals surface area (Å²) in [4.78, 5) is 17.7. The molecule has 1 heterocycles. The van der Waals surface area contributed by atoms with Crippen LogP contribution in [0.15, 0.2) is 18.2 Å². The van der Waals surface area contributed by atoms with E-state index in [1.165, 1.54) is 16.2 Å². The Kier molecular flexibility index (Phi) is 3.44. The lowest BCUT2D eigenvalue weighted by atomic mass is 10.2. The summed E-state index contributed by atoms with van der Waals surface area (Å²) in [5.74, 6) is -0.0980. The highest BCUT2D eigenvalue weighted by atomic mass is 32.1. The Bertz CT molecular complexity index is 629. The number of nitrogen functional groups attached to an aromatic ring is 1. The first kappa shape index (κ1) is 12.3. The third-order valence-electron chi connectivity index (χ3n) is 2.56. The number of anilines is 1. The van der Waals surface area contributed by atoms with Crippen LogP contribution in [0.2, 0.25) is 0 Å². The fourth-order valence-corrected chi connectivity index (χ4v) is 2.39. The smallest absolute Gasteiger partial charge is 0.253 e. The quantitative estimate of drug-likeness (QED) is 0.913. The van der Waals surface area contributed by atoms with Crippen LogP contribution in [0, 0.1) is 11.3 Å². The number of hydrogen-bond acceptors (Lipinski definition) is 5. The summed E-state index contributed by atoms with van der Waals surface area (Å²) in [7, 11) is 1.69. The molecule has 5 nitrogen and oxygen atoms in total. The second-order valence-corrected chi connectivity index (χ2v) is 4.93. The maximum absolute atomic E-state index is 12.1. The molecule has 1 aromatic carbocycles. The number of carbonyl (C=O) groups is 1. The number of amides is 1. The molecule has 0 unspecified atom stereocenters. The molecule has 2 N–H and O–H groups in total. The second-order valence-electron chi connectivity index (χ2n) is 3.87.